The molecule has 4 aromatic heterocycles. The number of aromatic amines is 1. The standard InChI is InChI=1S/C27H28N8O2/c1-27(2,3)26-34-33-23-19(25(37)29-13-10-22-31-20-6-4-5-7-21(20)32-22)14-18(16-35(23)26)24(36)30-15-17-8-11-28-12-9-17/h4-9,11-12,14,16H,10,13,15H2,1-3H3,(H,29,37)(H,30,36)(H,31,32). The van der Waals surface area contributed by atoms with E-state index in [1.807, 2.05) is 57.2 Å². The van der Waals surface area contributed by atoms with Crippen LogP contribution >= 0.6 is 0 Å². The quantitative estimate of drug-likeness (QED) is 0.317. The third-order valence-corrected chi connectivity index (χ3v) is 5.97. The second-order valence-electron chi connectivity index (χ2n) is 9.85. The van der Waals surface area contributed by atoms with Gasteiger partial charge in [-0.05, 0) is 35.9 Å². The molecule has 0 aliphatic rings. The summed E-state index contributed by atoms with van der Waals surface area (Å²) in [5.74, 6) is 0.803. The number of amides is 2. The minimum atomic E-state index is -0.347. The van der Waals surface area contributed by atoms with Gasteiger partial charge < -0.3 is 15.6 Å². The van der Waals surface area contributed by atoms with Crippen LogP contribution in [0.4, 0.5) is 0 Å². The lowest BCUT2D eigenvalue weighted by molar-refractivity contribution is 0.0950. The molecular weight excluding hydrogens is 468 g/mol. The van der Waals surface area contributed by atoms with E-state index in [1.54, 1.807) is 29.1 Å². The van der Waals surface area contributed by atoms with Crippen LogP contribution in [0.1, 0.15) is 58.7 Å². The fourth-order valence-electron chi connectivity index (χ4n) is 4.10. The average Bonchev–Trinajstić information content (AvgIpc) is 3.51. The molecule has 10 heteroatoms. The lowest BCUT2D eigenvalue weighted by atomic mass is 9.96. The molecule has 0 aliphatic carbocycles. The number of carbonyl (C=O) groups is 2. The van der Waals surface area contributed by atoms with Crippen molar-refractivity contribution in [3.05, 3.63) is 89.4 Å². The molecule has 188 valence electrons. The van der Waals surface area contributed by atoms with Gasteiger partial charge in [-0.1, -0.05) is 32.9 Å². The molecule has 0 unspecified atom stereocenters. The van der Waals surface area contributed by atoms with Crippen LogP contribution in [0.3, 0.4) is 0 Å². The SMILES string of the molecule is CC(C)(C)c1nnc2c(C(=O)NCCc3nc4ccccc4[nH]3)cc(C(=O)NCc3ccncc3)cn12. The first-order valence-electron chi connectivity index (χ1n) is 12.1. The fourth-order valence-corrected chi connectivity index (χ4v) is 4.10. The maximum atomic E-state index is 13.3. The minimum Gasteiger partial charge on any atom is -0.351 e. The molecule has 4 heterocycles. The summed E-state index contributed by atoms with van der Waals surface area (Å²) in [5.41, 5.74) is 3.44. The Morgan fingerprint density at radius 3 is 2.54 bits per heavy atom. The van der Waals surface area contributed by atoms with Gasteiger partial charge in [0.1, 0.15) is 11.6 Å². The molecule has 37 heavy (non-hydrogen) atoms. The van der Waals surface area contributed by atoms with Crippen molar-refractivity contribution < 1.29 is 9.59 Å². The molecular formula is C27H28N8O2. The van der Waals surface area contributed by atoms with Gasteiger partial charge in [-0.15, -0.1) is 10.2 Å². The summed E-state index contributed by atoms with van der Waals surface area (Å²) < 4.78 is 1.73. The summed E-state index contributed by atoms with van der Waals surface area (Å²) in [5, 5.41) is 14.5. The Balaban J connectivity index is 1.38. The third-order valence-electron chi connectivity index (χ3n) is 5.97. The number of fused-ring (bicyclic) bond motifs is 2. The molecule has 1 aromatic carbocycles. The summed E-state index contributed by atoms with van der Waals surface area (Å²) in [6.07, 6.45) is 5.56. The Bertz CT molecular complexity index is 1550. The molecule has 0 bridgehead atoms. The number of nitrogens with zero attached hydrogens (tertiary/aromatic N) is 5. The summed E-state index contributed by atoms with van der Waals surface area (Å²) in [4.78, 5) is 38.2. The highest BCUT2D eigenvalue weighted by atomic mass is 16.2. The highest BCUT2D eigenvalue weighted by molar-refractivity contribution is 6.03. The molecule has 0 atom stereocenters. The molecule has 0 saturated carbocycles. The first-order valence-corrected chi connectivity index (χ1v) is 12.1. The lowest BCUT2D eigenvalue weighted by Gasteiger charge is -2.17. The number of nitrogens with one attached hydrogen (secondary N) is 3. The van der Waals surface area contributed by atoms with Crippen LogP contribution in [-0.4, -0.2) is 47.9 Å². The summed E-state index contributed by atoms with van der Waals surface area (Å²) in [7, 11) is 0. The van der Waals surface area contributed by atoms with E-state index in [-0.39, 0.29) is 22.8 Å². The summed E-state index contributed by atoms with van der Waals surface area (Å²) >= 11 is 0. The van der Waals surface area contributed by atoms with Gasteiger partial charge in [0.05, 0.1) is 22.2 Å². The van der Waals surface area contributed by atoms with Crippen LogP contribution in [0.15, 0.2) is 61.1 Å². The van der Waals surface area contributed by atoms with E-state index in [1.165, 1.54) is 0 Å². The van der Waals surface area contributed by atoms with Crippen LogP contribution in [0.25, 0.3) is 16.7 Å². The zero-order valence-electron chi connectivity index (χ0n) is 20.9. The number of imidazole rings is 1. The Morgan fingerprint density at radius 2 is 1.78 bits per heavy atom. The van der Waals surface area contributed by atoms with Crippen LogP contribution in [-0.2, 0) is 18.4 Å². The molecule has 3 N–H and O–H groups in total. The van der Waals surface area contributed by atoms with Gasteiger partial charge in [0, 0.05) is 43.5 Å². The fraction of sp³-hybridized carbons (Fsp3) is 0.259. The van der Waals surface area contributed by atoms with Gasteiger partial charge in [0.25, 0.3) is 11.8 Å². The van der Waals surface area contributed by atoms with E-state index in [0.717, 1.165) is 22.4 Å². The number of H-pyrrole nitrogens is 1. The van der Waals surface area contributed by atoms with Crippen molar-refractivity contribution in [2.45, 2.75) is 39.2 Å². The van der Waals surface area contributed by atoms with E-state index in [9.17, 15) is 9.59 Å². The number of hydrogen-bond donors (Lipinski definition) is 3. The maximum absolute atomic E-state index is 13.3. The van der Waals surface area contributed by atoms with Crippen LogP contribution in [0.5, 0.6) is 0 Å². The van der Waals surface area contributed by atoms with Crippen LogP contribution < -0.4 is 10.6 Å². The Kier molecular flexibility index (Phi) is 6.39. The average molecular weight is 497 g/mol. The van der Waals surface area contributed by atoms with Gasteiger partial charge >= 0.3 is 0 Å². The number of aromatic nitrogens is 6. The van der Waals surface area contributed by atoms with Crippen molar-refractivity contribution in [3.63, 3.8) is 0 Å². The maximum Gasteiger partial charge on any atom is 0.255 e. The highest BCUT2D eigenvalue weighted by Gasteiger charge is 2.25. The van der Waals surface area contributed by atoms with Gasteiger partial charge in [0.2, 0.25) is 0 Å². The van der Waals surface area contributed by atoms with Gasteiger partial charge in [0.15, 0.2) is 5.65 Å². The number of benzene rings is 1. The molecule has 5 aromatic rings. The van der Waals surface area contributed by atoms with E-state index in [2.05, 4.69) is 35.8 Å². The summed E-state index contributed by atoms with van der Waals surface area (Å²) in [6, 6.07) is 13.0. The number of hydrogen-bond acceptors (Lipinski definition) is 6. The van der Waals surface area contributed by atoms with Crippen molar-refractivity contribution in [3.8, 4) is 0 Å². The van der Waals surface area contributed by atoms with Gasteiger partial charge in [-0.2, -0.15) is 0 Å². The van der Waals surface area contributed by atoms with Gasteiger partial charge in [-0.25, -0.2) is 4.98 Å². The monoisotopic (exact) mass is 496 g/mol. The largest absolute Gasteiger partial charge is 0.351 e. The molecule has 0 spiro atoms. The zero-order chi connectivity index (χ0) is 26.0. The first kappa shape index (κ1) is 24.1. The number of para-hydroxylation sites is 2. The molecule has 2 amide bonds. The van der Waals surface area contributed by atoms with Gasteiger partial charge in [-0.3, -0.25) is 19.0 Å². The zero-order valence-corrected chi connectivity index (χ0v) is 20.9. The Hall–Kier alpha value is -4.60. The first-order chi connectivity index (χ1) is 17.8. The predicted octanol–water partition coefficient (Wildman–Crippen LogP) is 3.20. The third kappa shape index (κ3) is 5.18. The number of pyridine rings is 2. The minimum absolute atomic E-state index is 0.282. The van der Waals surface area contributed by atoms with E-state index in [4.69, 9.17) is 0 Å². The Labute approximate surface area is 213 Å². The molecule has 0 saturated heterocycles. The molecule has 5 rings (SSSR count). The van der Waals surface area contributed by atoms with E-state index >= 15 is 0 Å². The Morgan fingerprint density at radius 1 is 1.00 bits per heavy atom. The highest BCUT2D eigenvalue weighted by Crippen LogP contribution is 2.23. The van der Waals surface area contributed by atoms with Crippen molar-refractivity contribution in [1.82, 2.24) is 40.2 Å². The van der Waals surface area contributed by atoms with E-state index in [0.29, 0.717) is 36.5 Å². The number of carbonyl (C=O) groups excluding carboxylic acids is 2. The predicted molar refractivity (Wildman–Crippen MR) is 139 cm³/mol. The molecule has 10 nitrogen and oxygen atoms in total. The molecule has 0 radical (unpaired) electrons. The van der Waals surface area contributed by atoms with Crippen molar-refractivity contribution in [1.29, 1.82) is 0 Å². The smallest absolute Gasteiger partial charge is 0.255 e. The van der Waals surface area contributed by atoms with Crippen LogP contribution in [0, 0.1) is 0 Å². The van der Waals surface area contributed by atoms with Crippen molar-refractivity contribution >= 4 is 28.5 Å². The summed E-state index contributed by atoms with van der Waals surface area (Å²) in [6.45, 7) is 6.72. The van der Waals surface area contributed by atoms with Crippen molar-refractivity contribution in [2.75, 3.05) is 6.54 Å². The van der Waals surface area contributed by atoms with E-state index < -0.39 is 0 Å². The second-order valence-corrected chi connectivity index (χ2v) is 9.85. The molecule has 0 aliphatic heterocycles. The number of rotatable bonds is 7. The topological polar surface area (TPSA) is 130 Å². The lowest BCUT2D eigenvalue weighted by Crippen LogP contribution is -2.28. The second kappa shape index (κ2) is 9.81. The molecule has 0 fully saturated rings. The van der Waals surface area contributed by atoms with Crippen molar-refractivity contribution in [2.24, 2.45) is 0 Å². The normalized spacial score (nSPS) is 11.6. The van der Waals surface area contributed by atoms with Crippen LogP contribution in [0.2, 0.25) is 0 Å².